The van der Waals surface area contributed by atoms with Crippen LogP contribution in [0.3, 0.4) is 0 Å². The van der Waals surface area contributed by atoms with E-state index in [1.807, 2.05) is 24.3 Å². The van der Waals surface area contributed by atoms with Crippen LogP contribution in [0.5, 0.6) is 0 Å². The number of piperidine rings is 1. The van der Waals surface area contributed by atoms with Gasteiger partial charge in [-0.1, -0.05) is 6.07 Å². The lowest BCUT2D eigenvalue weighted by atomic mass is 9.90. The largest absolute Gasteiger partial charge is 0.453 e. The topological polar surface area (TPSA) is 53.6 Å². The van der Waals surface area contributed by atoms with Gasteiger partial charge in [-0.2, -0.15) is 0 Å². The summed E-state index contributed by atoms with van der Waals surface area (Å²) >= 11 is 0. The quantitative estimate of drug-likeness (QED) is 0.895. The number of rotatable bonds is 4. The number of likely N-dealkylation sites (tertiary alicyclic amines) is 1. The first-order valence-electron chi connectivity index (χ1n) is 7.48. The second-order valence-corrected chi connectivity index (χ2v) is 5.77. The molecule has 5 heteroatoms. The second-order valence-electron chi connectivity index (χ2n) is 5.77. The Morgan fingerprint density at radius 2 is 2.00 bits per heavy atom. The summed E-state index contributed by atoms with van der Waals surface area (Å²) in [7, 11) is 3.54. The van der Waals surface area contributed by atoms with E-state index in [1.165, 1.54) is 33.0 Å². The van der Waals surface area contributed by atoms with Crippen molar-refractivity contribution in [2.45, 2.75) is 25.8 Å². The zero-order chi connectivity index (χ0) is 15.2. The van der Waals surface area contributed by atoms with Gasteiger partial charge in [0.15, 0.2) is 0 Å². The summed E-state index contributed by atoms with van der Waals surface area (Å²) in [5, 5.41) is 6.23. The molecule has 0 spiro atoms. The molecule has 0 aromatic heterocycles. The van der Waals surface area contributed by atoms with E-state index < -0.39 is 6.09 Å². The first-order valence-corrected chi connectivity index (χ1v) is 7.48. The molecule has 1 saturated heterocycles. The van der Waals surface area contributed by atoms with Crippen molar-refractivity contribution in [3.8, 4) is 0 Å². The third kappa shape index (κ3) is 4.63. The number of amides is 1. The predicted octanol–water partition coefficient (Wildman–Crippen LogP) is 3.01. The number of hydrogen-bond acceptors (Lipinski definition) is 4. The van der Waals surface area contributed by atoms with Gasteiger partial charge in [-0.05, 0) is 64.0 Å². The summed E-state index contributed by atoms with van der Waals surface area (Å²) in [5.41, 5.74) is 1.76. The molecule has 2 rings (SSSR count). The van der Waals surface area contributed by atoms with Crippen LogP contribution in [0.1, 0.15) is 19.8 Å². The van der Waals surface area contributed by atoms with Crippen molar-refractivity contribution >= 4 is 17.5 Å². The van der Waals surface area contributed by atoms with Crippen LogP contribution in [0.2, 0.25) is 0 Å². The molecule has 1 aliphatic heterocycles. The van der Waals surface area contributed by atoms with E-state index in [4.69, 9.17) is 0 Å². The SMILES string of the molecule is COC(=O)Nc1cccc(NC(C)C2CCN(C)CC2)c1. The van der Waals surface area contributed by atoms with Crippen molar-refractivity contribution < 1.29 is 9.53 Å². The Balaban J connectivity index is 1.92. The van der Waals surface area contributed by atoms with Crippen molar-refractivity contribution in [2.24, 2.45) is 5.92 Å². The minimum Gasteiger partial charge on any atom is -0.453 e. The van der Waals surface area contributed by atoms with Crippen LogP contribution in [0.25, 0.3) is 0 Å². The summed E-state index contributed by atoms with van der Waals surface area (Å²) in [4.78, 5) is 13.6. The average Bonchev–Trinajstić information content (AvgIpc) is 2.48. The minimum atomic E-state index is -0.449. The van der Waals surface area contributed by atoms with Crippen LogP contribution in [-0.4, -0.2) is 44.3 Å². The standard InChI is InChI=1S/C16H25N3O2/c1-12(13-7-9-19(2)10-8-13)17-14-5-4-6-15(11-14)18-16(20)21-3/h4-6,11-13,17H,7-10H2,1-3H3,(H,18,20). The van der Waals surface area contributed by atoms with Crippen LogP contribution in [0.4, 0.5) is 16.2 Å². The molecular formula is C16H25N3O2. The van der Waals surface area contributed by atoms with Crippen molar-refractivity contribution in [3.05, 3.63) is 24.3 Å². The number of carbonyl (C=O) groups is 1. The number of methoxy groups -OCH3 is 1. The second kappa shape index (κ2) is 7.31. The zero-order valence-corrected chi connectivity index (χ0v) is 13.1. The highest BCUT2D eigenvalue weighted by atomic mass is 16.5. The summed E-state index contributed by atoms with van der Waals surface area (Å²) in [5.74, 6) is 0.693. The predicted molar refractivity (Wildman–Crippen MR) is 85.8 cm³/mol. The summed E-state index contributed by atoms with van der Waals surface area (Å²) in [6.45, 7) is 4.57. The van der Waals surface area contributed by atoms with E-state index in [2.05, 4.69) is 34.2 Å². The fourth-order valence-corrected chi connectivity index (χ4v) is 2.76. The van der Waals surface area contributed by atoms with Crippen LogP contribution >= 0.6 is 0 Å². The molecule has 1 amide bonds. The Morgan fingerprint density at radius 1 is 1.33 bits per heavy atom. The number of hydrogen-bond donors (Lipinski definition) is 2. The maximum Gasteiger partial charge on any atom is 0.411 e. The van der Waals surface area contributed by atoms with Crippen molar-refractivity contribution in [2.75, 3.05) is 37.9 Å². The smallest absolute Gasteiger partial charge is 0.411 e. The van der Waals surface area contributed by atoms with E-state index in [0.29, 0.717) is 12.0 Å². The van der Waals surface area contributed by atoms with Gasteiger partial charge in [0.1, 0.15) is 0 Å². The molecule has 0 bridgehead atoms. The van der Waals surface area contributed by atoms with Crippen LogP contribution in [-0.2, 0) is 4.74 Å². The summed E-state index contributed by atoms with van der Waals surface area (Å²) < 4.78 is 4.61. The number of benzene rings is 1. The number of nitrogens with zero attached hydrogens (tertiary/aromatic N) is 1. The molecule has 0 saturated carbocycles. The Labute approximate surface area is 126 Å². The van der Waals surface area contributed by atoms with Crippen molar-refractivity contribution in [3.63, 3.8) is 0 Å². The fourth-order valence-electron chi connectivity index (χ4n) is 2.76. The Morgan fingerprint density at radius 3 is 2.67 bits per heavy atom. The third-order valence-corrected chi connectivity index (χ3v) is 4.16. The third-order valence-electron chi connectivity index (χ3n) is 4.16. The van der Waals surface area contributed by atoms with Gasteiger partial charge >= 0.3 is 6.09 Å². The molecule has 21 heavy (non-hydrogen) atoms. The van der Waals surface area contributed by atoms with E-state index >= 15 is 0 Å². The van der Waals surface area contributed by atoms with Crippen molar-refractivity contribution in [1.29, 1.82) is 0 Å². The lowest BCUT2D eigenvalue weighted by molar-refractivity contribution is 0.187. The first-order chi connectivity index (χ1) is 10.1. The van der Waals surface area contributed by atoms with Gasteiger partial charge in [0.25, 0.3) is 0 Å². The van der Waals surface area contributed by atoms with Gasteiger partial charge in [0.2, 0.25) is 0 Å². The molecule has 1 aromatic carbocycles. The molecule has 1 aromatic rings. The molecule has 5 nitrogen and oxygen atoms in total. The van der Waals surface area contributed by atoms with E-state index in [0.717, 1.165) is 11.4 Å². The Hall–Kier alpha value is -1.75. The molecule has 1 heterocycles. The lowest BCUT2D eigenvalue weighted by Crippen LogP contribution is -2.37. The number of anilines is 2. The molecule has 2 N–H and O–H groups in total. The zero-order valence-electron chi connectivity index (χ0n) is 13.1. The average molecular weight is 291 g/mol. The molecule has 1 fully saturated rings. The molecule has 1 unspecified atom stereocenters. The van der Waals surface area contributed by atoms with Gasteiger partial charge in [-0.3, -0.25) is 5.32 Å². The van der Waals surface area contributed by atoms with Gasteiger partial charge in [0, 0.05) is 17.4 Å². The Kier molecular flexibility index (Phi) is 5.44. The van der Waals surface area contributed by atoms with E-state index in [9.17, 15) is 4.79 Å². The van der Waals surface area contributed by atoms with Gasteiger partial charge in [0.05, 0.1) is 7.11 Å². The maximum absolute atomic E-state index is 11.2. The van der Waals surface area contributed by atoms with Gasteiger partial charge < -0.3 is 15.0 Å². The number of ether oxygens (including phenoxy) is 1. The van der Waals surface area contributed by atoms with Crippen LogP contribution in [0.15, 0.2) is 24.3 Å². The highest BCUT2D eigenvalue weighted by molar-refractivity contribution is 5.85. The van der Waals surface area contributed by atoms with E-state index in [-0.39, 0.29) is 0 Å². The highest BCUT2D eigenvalue weighted by Crippen LogP contribution is 2.23. The summed E-state index contributed by atoms with van der Waals surface area (Å²) in [6.07, 6.45) is 2.01. The lowest BCUT2D eigenvalue weighted by Gasteiger charge is -2.33. The van der Waals surface area contributed by atoms with Crippen LogP contribution in [0, 0.1) is 5.92 Å². The van der Waals surface area contributed by atoms with Gasteiger partial charge in [-0.25, -0.2) is 4.79 Å². The highest BCUT2D eigenvalue weighted by Gasteiger charge is 2.22. The fraction of sp³-hybridized carbons (Fsp3) is 0.562. The Bertz CT molecular complexity index is 470. The normalized spacial score (nSPS) is 18.0. The summed E-state index contributed by atoms with van der Waals surface area (Å²) in [6, 6.07) is 8.15. The molecule has 1 aliphatic rings. The molecule has 1 atom stereocenters. The van der Waals surface area contributed by atoms with Crippen LogP contribution < -0.4 is 10.6 Å². The number of carbonyl (C=O) groups excluding carboxylic acids is 1. The molecule has 116 valence electrons. The molecular weight excluding hydrogens is 266 g/mol. The molecule has 0 aliphatic carbocycles. The monoisotopic (exact) mass is 291 g/mol. The maximum atomic E-state index is 11.2. The van der Waals surface area contributed by atoms with Crippen molar-refractivity contribution in [1.82, 2.24) is 4.90 Å². The molecule has 0 radical (unpaired) electrons. The number of nitrogens with one attached hydrogen (secondary N) is 2. The van der Waals surface area contributed by atoms with Gasteiger partial charge in [-0.15, -0.1) is 0 Å². The van der Waals surface area contributed by atoms with E-state index in [1.54, 1.807) is 0 Å². The first kappa shape index (κ1) is 15.6. The minimum absolute atomic E-state index is 0.423.